The first-order chi connectivity index (χ1) is 14.2. The third-order valence-corrected chi connectivity index (χ3v) is 6.52. The third kappa shape index (κ3) is 5.06. The number of piperidine rings is 1. The van der Waals surface area contributed by atoms with Gasteiger partial charge >= 0.3 is 0 Å². The van der Waals surface area contributed by atoms with E-state index in [1.165, 1.54) is 0 Å². The molecule has 1 N–H and O–H groups in total. The molecule has 29 heavy (non-hydrogen) atoms. The quantitative estimate of drug-likeness (QED) is 0.657. The minimum Gasteiger partial charge on any atom is -0.396 e. The van der Waals surface area contributed by atoms with E-state index in [9.17, 15) is 0 Å². The number of morpholine rings is 1. The maximum Gasteiger partial charge on any atom is 0.225 e. The number of likely N-dealkylation sites (tertiary alicyclic amines) is 1. The van der Waals surface area contributed by atoms with Gasteiger partial charge in [-0.25, -0.2) is 9.97 Å². The number of anilines is 1. The maximum absolute atomic E-state index is 9.01. The van der Waals surface area contributed by atoms with Crippen LogP contribution in [0.25, 0.3) is 0 Å². The van der Waals surface area contributed by atoms with Crippen LogP contribution >= 0.6 is 11.8 Å². The number of ether oxygens (including phenoxy) is 1. The molecule has 2 aliphatic rings. The van der Waals surface area contributed by atoms with E-state index in [0.717, 1.165) is 81.4 Å². The van der Waals surface area contributed by atoms with E-state index in [1.807, 2.05) is 19.3 Å². The van der Waals surface area contributed by atoms with Crippen LogP contribution in [-0.2, 0) is 18.3 Å². The predicted molar refractivity (Wildman–Crippen MR) is 111 cm³/mol. The normalized spacial score (nSPS) is 19.0. The van der Waals surface area contributed by atoms with Crippen LogP contribution in [-0.4, -0.2) is 86.5 Å². The van der Waals surface area contributed by atoms with Crippen LogP contribution in [0.4, 0.5) is 5.95 Å². The standard InChI is InChI=1S/C19H29N7O2S/c1-24-17(22-23-19(24)29-13-10-27)15-3-6-25(7-4-15)14-16-2-5-20-18(21-16)26-8-11-28-12-9-26/h2,5,15,27H,3-4,6-14H2,1H3. The Labute approximate surface area is 175 Å². The van der Waals surface area contributed by atoms with E-state index in [2.05, 4.69) is 29.5 Å². The summed E-state index contributed by atoms with van der Waals surface area (Å²) in [6.45, 7) is 6.23. The summed E-state index contributed by atoms with van der Waals surface area (Å²) in [6, 6.07) is 2.02. The zero-order chi connectivity index (χ0) is 20.1. The lowest BCUT2D eigenvalue weighted by molar-refractivity contribution is 0.122. The zero-order valence-corrected chi connectivity index (χ0v) is 17.7. The van der Waals surface area contributed by atoms with E-state index in [-0.39, 0.29) is 6.61 Å². The molecule has 2 fully saturated rings. The highest BCUT2D eigenvalue weighted by atomic mass is 32.2. The van der Waals surface area contributed by atoms with Crippen LogP contribution in [0.3, 0.4) is 0 Å². The van der Waals surface area contributed by atoms with Crippen molar-refractivity contribution >= 4 is 17.7 Å². The third-order valence-electron chi connectivity index (χ3n) is 5.52. The highest BCUT2D eigenvalue weighted by Gasteiger charge is 2.25. The molecule has 4 heterocycles. The Balaban J connectivity index is 1.32. The molecule has 158 valence electrons. The first-order valence-electron chi connectivity index (χ1n) is 10.2. The average molecular weight is 420 g/mol. The van der Waals surface area contributed by atoms with Gasteiger partial charge in [-0.05, 0) is 32.0 Å². The second kappa shape index (κ2) is 9.84. The van der Waals surface area contributed by atoms with E-state index in [0.29, 0.717) is 11.7 Å². The Morgan fingerprint density at radius 3 is 2.72 bits per heavy atom. The Morgan fingerprint density at radius 1 is 1.17 bits per heavy atom. The second-order valence-electron chi connectivity index (χ2n) is 7.47. The summed E-state index contributed by atoms with van der Waals surface area (Å²) in [6.07, 6.45) is 4.00. The largest absolute Gasteiger partial charge is 0.396 e. The summed E-state index contributed by atoms with van der Waals surface area (Å²) >= 11 is 1.55. The van der Waals surface area contributed by atoms with Gasteiger partial charge in [0.1, 0.15) is 5.82 Å². The van der Waals surface area contributed by atoms with Gasteiger partial charge in [-0.15, -0.1) is 10.2 Å². The van der Waals surface area contributed by atoms with E-state index >= 15 is 0 Å². The smallest absolute Gasteiger partial charge is 0.225 e. The fourth-order valence-corrected chi connectivity index (χ4v) is 4.57. The fourth-order valence-electron chi connectivity index (χ4n) is 3.91. The maximum atomic E-state index is 9.01. The molecular formula is C19H29N7O2S. The molecule has 9 nitrogen and oxygen atoms in total. The molecule has 4 rings (SSSR count). The molecular weight excluding hydrogens is 390 g/mol. The second-order valence-corrected chi connectivity index (χ2v) is 8.53. The number of aromatic nitrogens is 5. The molecule has 0 spiro atoms. The molecule has 2 aromatic rings. The molecule has 0 unspecified atom stereocenters. The lowest BCUT2D eigenvalue weighted by atomic mass is 9.96. The first-order valence-corrected chi connectivity index (χ1v) is 11.2. The zero-order valence-electron chi connectivity index (χ0n) is 16.9. The molecule has 2 aliphatic heterocycles. The van der Waals surface area contributed by atoms with Gasteiger partial charge in [-0.3, -0.25) is 4.90 Å². The highest BCUT2D eigenvalue weighted by Crippen LogP contribution is 2.29. The summed E-state index contributed by atoms with van der Waals surface area (Å²) in [5, 5.41) is 18.6. The number of hydrogen-bond donors (Lipinski definition) is 1. The van der Waals surface area contributed by atoms with Gasteiger partial charge < -0.3 is 19.3 Å². The van der Waals surface area contributed by atoms with Crippen LogP contribution in [0, 0.1) is 0 Å². The van der Waals surface area contributed by atoms with Crippen LogP contribution < -0.4 is 4.90 Å². The molecule has 0 bridgehead atoms. The van der Waals surface area contributed by atoms with Gasteiger partial charge in [0.2, 0.25) is 5.95 Å². The average Bonchev–Trinajstić information content (AvgIpc) is 3.14. The Bertz CT molecular complexity index is 789. The highest BCUT2D eigenvalue weighted by molar-refractivity contribution is 7.99. The summed E-state index contributed by atoms with van der Waals surface area (Å²) in [4.78, 5) is 13.9. The molecule has 0 radical (unpaired) electrons. The molecule has 2 saturated heterocycles. The monoisotopic (exact) mass is 419 g/mol. The van der Waals surface area contributed by atoms with Crippen LogP contribution in [0.15, 0.2) is 17.4 Å². The Hall–Kier alpha value is -1.75. The lowest BCUT2D eigenvalue weighted by Gasteiger charge is -2.31. The summed E-state index contributed by atoms with van der Waals surface area (Å²) < 4.78 is 7.50. The molecule has 2 aromatic heterocycles. The van der Waals surface area contributed by atoms with Gasteiger partial charge in [0.25, 0.3) is 0 Å². The number of rotatable bonds is 7. The molecule has 0 saturated carbocycles. The minimum absolute atomic E-state index is 0.154. The van der Waals surface area contributed by atoms with Crippen molar-refractivity contribution in [2.75, 3.05) is 56.7 Å². The number of aliphatic hydroxyl groups excluding tert-OH is 1. The topological polar surface area (TPSA) is 92.4 Å². The van der Waals surface area contributed by atoms with Crippen molar-refractivity contribution in [2.45, 2.75) is 30.5 Å². The number of thioether (sulfide) groups is 1. The Kier molecular flexibility index (Phi) is 6.96. The molecule has 0 aliphatic carbocycles. The van der Waals surface area contributed by atoms with Gasteiger partial charge in [-0.2, -0.15) is 0 Å². The first kappa shape index (κ1) is 20.5. The molecule has 0 amide bonds. The van der Waals surface area contributed by atoms with Crippen LogP contribution in [0.2, 0.25) is 0 Å². The van der Waals surface area contributed by atoms with E-state index in [1.54, 1.807) is 11.8 Å². The summed E-state index contributed by atoms with van der Waals surface area (Å²) in [5.41, 5.74) is 1.07. The van der Waals surface area contributed by atoms with Crippen molar-refractivity contribution < 1.29 is 9.84 Å². The number of aliphatic hydroxyl groups is 1. The van der Waals surface area contributed by atoms with E-state index in [4.69, 9.17) is 14.8 Å². The predicted octanol–water partition coefficient (Wildman–Crippen LogP) is 0.906. The lowest BCUT2D eigenvalue weighted by Crippen LogP contribution is -2.37. The van der Waals surface area contributed by atoms with Gasteiger partial charge in [-0.1, -0.05) is 11.8 Å². The molecule has 10 heteroatoms. The minimum atomic E-state index is 0.154. The van der Waals surface area contributed by atoms with Crippen molar-refractivity contribution in [3.05, 3.63) is 23.8 Å². The number of nitrogens with zero attached hydrogens (tertiary/aromatic N) is 7. The van der Waals surface area contributed by atoms with Crippen molar-refractivity contribution in [1.29, 1.82) is 0 Å². The van der Waals surface area contributed by atoms with Crippen LogP contribution in [0.1, 0.15) is 30.3 Å². The van der Waals surface area contributed by atoms with Crippen LogP contribution in [0.5, 0.6) is 0 Å². The number of hydrogen-bond acceptors (Lipinski definition) is 9. The van der Waals surface area contributed by atoms with Crippen molar-refractivity contribution in [2.24, 2.45) is 7.05 Å². The van der Waals surface area contributed by atoms with E-state index < -0.39 is 0 Å². The fraction of sp³-hybridized carbons (Fsp3) is 0.684. The Morgan fingerprint density at radius 2 is 1.97 bits per heavy atom. The molecule has 0 atom stereocenters. The van der Waals surface area contributed by atoms with Gasteiger partial charge in [0.15, 0.2) is 5.16 Å². The van der Waals surface area contributed by atoms with Crippen molar-refractivity contribution in [3.8, 4) is 0 Å². The van der Waals surface area contributed by atoms with Crippen molar-refractivity contribution in [3.63, 3.8) is 0 Å². The summed E-state index contributed by atoms with van der Waals surface area (Å²) in [5.74, 6) is 2.95. The van der Waals surface area contributed by atoms with Gasteiger partial charge in [0, 0.05) is 44.5 Å². The SMILES string of the molecule is Cn1c(SCCO)nnc1C1CCN(Cc2ccnc(N3CCOCC3)n2)CC1. The summed E-state index contributed by atoms with van der Waals surface area (Å²) in [7, 11) is 2.02. The van der Waals surface area contributed by atoms with Gasteiger partial charge in [0.05, 0.1) is 25.5 Å². The molecule has 0 aromatic carbocycles. The van der Waals surface area contributed by atoms with Crippen molar-refractivity contribution in [1.82, 2.24) is 29.6 Å².